The SMILES string of the molecule is CCCCCc1cc(C(=O)N/N=C\c2ccc(NC(C)=O)cc2)c2ccccc2n1. The number of carbonyl (C=O) groups is 2. The number of nitrogens with zero attached hydrogens (tertiary/aromatic N) is 2. The molecule has 3 aromatic rings. The number of pyridine rings is 1. The van der Waals surface area contributed by atoms with Gasteiger partial charge in [0.2, 0.25) is 5.91 Å². The van der Waals surface area contributed by atoms with Gasteiger partial charge in [-0.2, -0.15) is 5.10 Å². The fourth-order valence-electron chi connectivity index (χ4n) is 3.18. The van der Waals surface area contributed by atoms with E-state index in [2.05, 4.69) is 22.8 Å². The maximum Gasteiger partial charge on any atom is 0.272 e. The van der Waals surface area contributed by atoms with E-state index < -0.39 is 0 Å². The topological polar surface area (TPSA) is 83.5 Å². The Labute approximate surface area is 176 Å². The number of aryl methyl sites for hydroxylation is 1. The average molecular weight is 402 g/mol. The van der Waals surface area contributed by atoms with Gasteiger partial charge < -0.3 is 5.32 Å². The summed E-state index contributed by atoms with van der Waals surface area (Å²) in [6.07, 6.45) is 5.75. The summed E-state index contributed by atoms with van der Waals surface area (Å²) in [5, 5.41) is 7.61. The van der Waals surface area contributed by atoms with Crippen LogP contribution in [0.5, 0.6) is 0 Å². The molecule has 0 aliphatic heterocycles. The van der Waals surface area contributed by atoms with E-state index in [0.717, 1.165) is 47.8 Å². The predicted octanol–water partition coefficient (Wildman–Crippen LogP) is 4.69. The standard InChI is InChI=1S/C24H26N4O2/c1-3-4-5-8-20-15-22(21-9-6-7-10-23(21)27-20)24(30)28-25-16-18-11-13-19(14-12-18)26-17(2)29/h6-7,9-16H,3-5,8H2,1-2H3,(H,26,29)(H,28,30)/b25-16-. The molecule has 6 nitrogen and oxygen atoms in total. The van der Waals surface area contributed by atoms with Crippen molar-refractivity contribution in [1.82, 2.24) is 10.4 Å². The van der Waals surface area contributed by atoms with E-state index in [0.29, 0.717) is 11.3 Å². The van der Waals surface area contributed by atoms with Crippen molar-refractivity contribution in [3.05, 3.63) is 71.4 Å². The lowest BCUT2D eigenvalue weighted by atomic mass is 10.0. The van der Waals surface area contributed by atoms with Crippen LogP contribution in [0.3, 0.4) is 0 Å². The van der Waals surface area contributed by atoms with Crippen LogP contribution in [-0.4, -0.2) is 23.0 Å². The van der Waals surface area contributed by atoms with E-state index in [4.69, 9.17) is 4.98 Å². The third-order valence-electron chi connectivity index (χ3n) is 4.66. The van der Waals surface area contributed by atoms with Gasteiger partial charge in [-0.05, 0) is 42.7 Å². The van der Waals surface area contributed by atoms with Gasteiger partial charge in [0.1, 0.15) is 0 Å². The van der Waals surface area contributed by atoms with Gasteiger partial charge >= 0.3 is 0 Å². The van der Waals surface area contributed by atoms with Crippen LogP contribution in [0.25, 0.3) is 10.9 Å². The first-order valence-electron chi connectivity index (χ1n) is 10.2. The van der Waals surface area contributed by atoms with Crippen LogP contribution in [0.2, 0.25) is 0 Å². The lowest BCUT2D eigenvalue weighted by molar-refractivity contribution is -0.114. The number of fused-ring (bicyclic) bond motifs is 1. The van der Waals surface area contributed by atoms with E-state index >= 15 is 0 Å². The number of amides is 2. The minimum atomic E-state index is -0.267. The van der Waals surface area contributed by atoms with Gasteiger partial charge in [-0.3, -0.25) is 14.6 Å². The van der Waals surface area contributed by atoms with Crippen LogP contribution < -0.4 is 10.7 Å². The number of nitrogens with one attached hydrogen (secondary N) is 2. The molecule has 1 heterocycles. The number of unbranched alkanes of at least 4 members (excludes halogenated alkanes) is 2. The fourth-order valence-corrected chi connectivity index (χ4v) is 3.18. The summed E-state index contributed by atoms with van der Waals surface area (Å²) in [5.41, 5.74) is 6.44. The van der Waals surface area contributed by atoms with Crippen LogP contribution in [0.15, 0.2) is 59.7 Å². The molecular weight excluding hydrogens is 376 g/mol. The summed E-state index contributed by atoms with van der Waals surface area (Å²) < 4.78 is 0. The molecule has 0 unspecified atom stereocenters. The molecule has 3 rings (SSSR count). The molecule has 0 fully saturated rings. The normalized spacial score (nSPS) is 11.0. The van der Waals surface area contributed by atoms with Gasteiger partial charge in [-0.1, -0.05) is 50.1 Å². The molecule has 0 radical (unpaired) electrons. The van der Waals surface area contributed by atoms with Gasteiger partial charge in [0.25, 0.3) is 5.91 Å². The molecular formula is C24H26N4O2. The highest BCUT2D eigenvalue weighted by molar-refractivity contribution is 6.06. The Morgan fingerprint density at radius 2 is 1.83 bits per heavy atom. The number of anilines is 1. The molecule has 2 amide bonds. The number of para-hydroxylation sites is 1. The molecule has 0 aliphatic rings. The summed E-state index contributed by atoms with van der Waals surface area (Å²) >= 11 is 0. The number of hydrazone groups is 1. The van der Waals surface area contributed by atoms with Crippen molar-refractivity contribution in [3.63, 3.8) is 0 Å². The van der Waals surface area contributed by atoms with Gasteiger partial charge in [0.05, 0.1) is 17.3 Å². The van der Waals surface area contributed by atoms with Gasteiger partial charge in [0, 0.05) is 23.7 Å². The van der Waals surface area contributed by atoms with Crippen molar-refractivity contribution in [2.75, 3.05) is 5.32 Å². The van der Waals surface area contributed by atoms with Crippen molar-refractivity contribution in [1.29, 1.82) is 0 Å². The second-order valence-corrected chi connectivity index (χ2v) is 7.14. The summed E-state index contributed by atoms with van der Waals surface area (Å²) in [6, 6.07) is 16.7. The maximum absolute atomic E-state index is 12.8. The Bertz CT molecular complexity index is 1060. The quantitative estimate of drug-likeness (QED) is 0.326. The highest BCUT2D eigenvalue weighted by atomic mass is 16.2. The van der Waals surface area contributed by atoms with E-state index in [9.17, 15) is 9.59 Å². The van der Waals surface area contributed by atoms with Crippen LogP contribution in [-0.2, 0) is 11.2 Å². The zero-order chi connectivity index (χ0) is 21.3. The minimum absolute atomic E-state index is 0.123. The third kappa shape index (κ3) is 5.73. The van der Waals surface area contributed by atoms with E-state index in [1.807, 2.05) is 42.5 Å². The zero-order valence-electron chi connectivity index (χ0n) is 17.3. The van der Waals surface area contributed by atoms with Crippen LogP contribution in [0, 0.1) is 0 Å². The number of hydrogen-bond donors (Lipinski definition) is 2. The lowest BCUT2D eigenvalue weighted by Gasteiger charge is -2.08. The lowest BCUT2D eigenvalue weighted by Crippen LogP contribution is -2.18. The third-order valence-corrected chi connectivity index (χ3v) is 4.66. The summed E-state index contributed by atoms with van der Waals surface area (Å²) in [7, 11) is 0. The van der Waals surface area contributed by atoms with Gasteiger partial charge in [-0.15, -0.1) is 0 Å². The number of carbonyl (C=O) groups excluding carboxylic acids is 2. The Balaban J connectivity index is 1.74. The monoisotopic (exact) mass is 402 g/mol. The molecule has 0 bridgehead atoms. The number of aromatic nitrogens is 1. The van der Waals surface area contributed by atoms with Crippen molar-refractivity contribution >= 4 is 34.6 Å². The molecule has 0 atom stereocenters. The van der Waals surface area contributed by atoms with Crippen molar-refractivity contribution in [3.8, 4) is 0 Å². The van der Waals surface area contributed by atoms with Crippen LogP contribution >= 0.6 is 0 Å². The molecule has 6 heteroatoms. The average Bonchev–Trinajstić information content (AvgIpc) is 2.74. The largest absolute Gasteiger partial charge is 0.326 e. The Hall–Kier alpha value is -3.54. The summed E-state index contributed by atoms with van der Waals surface area (Å²) in [4.78, 5) is 28.6. The molecule has 1 aromatic heterocycles. The summed E-state index contributed by atoms with van der Waals surface area (Å²) in [5.74, 6) is -0.390. The molecule has 2 aromatic carbocycles. The van der Waals surface area contributed by atoms with E-state index in [1.165, 1.54) is 6.92 Å². The molecule has 0 spiro atoms. The molecule has 2 N–H and O–H groups in total. The van der Waals surface area contributed by atoms with E-state index in [1.54, 1.807) is 18.3 Å². The first kappa shape index (κ1) is 21.2. The van der Waals surface area contributed by atoms with Crippen molar-refractivity contribution in [2.24, 2.45) is 5.10 Å². The summed E-state index contributed by atoms with van der Waals surface area (Å²) in [6.45, 7) is 3.63. The van der Waals surface area contributed by atoms with Gasteiger partial charge in [-0.25, -0.2) is 5.43 Å². The van der Waals surface area contributed by atoms with E-state index in [-0.39, 0.29) is 11.8 Å². The first-order valence-corrected chi connectivity index (χ1v) is 10.2. The number of hydrogen-bond acceptors (Lipinski definition) is 4. The molecule has 0 saturated heterocycles. The fraction of sp³-hybridized carbons (Fsp3) is 0.250. The maximum atomic E-state index is 12.8. The second-order valence-electron chi connectivity index (χ2n) is 7.14. The Morgan fingerprint density at radius 3 is 2.57 bits per heavy atom. The van der Waals surface area contributed by atoms with Crippen molar-refractivity contribution < 1.29 is 9.59 Å². The second kappa shape index (κ2) is 10.3. The highest BCUT2D eigenvalue weighted by Gasteiger charge is 2.12. The zero-order valence-corrected chi connectivity index (χ0v) is 17.3. The number of rotatable bonds is 8. The van der Waals surface area contributed by atoms with Crippen LogP contribution in [0.4, 0.5) is 5.69 Å². The van der Waals surface area contributed by atoms with Crippen molar-refractivity contribution in [2.45, 2.75) is 39.5 Å². The number of benzene rings is 2. The minimum Gasteiger partial charge on any atom is -0.326 e. The Kier molecular flexibility index (Phi) is 7.27. The molecule has 30 heavy (non-hydrogen) atoms. The predicted molar refractivity (Wildman–Crippen MR) is 121 cm³/mol. The molecule has 154 valence electrons. The molecule has 0 saturated carbocycles. The molecule has 0 aliphatic carbocycles. The first-order chi connectivity index (χ1) is 14.6. The highest BCUT2D eigenvalue weighted by Crippen LogP contribution is 2.19. The van der Waals surface area contributed by atoms with Crippen LogP contribution in [0.1, 0.15) is 54.7 Å². The van der Waals surface area contributed by atoms with Gasteiger partial charge in [0.15, 0.2) is 0 Å². The smallest absolute Gasteiger partial charge is 0.272 e. The Morgan fingerprint density at radius 1 is 1.07 bits per heavy atom.